The van der Waals surface area contributed by atoms with Gasteiger partial charge in [0.1, 0.15) is 0 Å². The van der Waals surface area contributed by atoms with Crippen molar-refractivity contribution in [3.8, 4) is 0 Å². The lowest BCUT2D eigenvalue weighted by molar-refractivity contribution is 0.176. The Morgan fingerprint density at radius 2 is 1.89 bits per heavy atom. The Kier molecular flexibility index (Phi) is 5.69. The van der Waals surface area contributed by atoms with Crippen LogP contribution >= 0.6 is 38.5 Å². The van der Waals surface area contributed by atoms with Crippen molar-refractivity contribution in [1.29, 1.82) is 0 Å². The molecule has 1 fully saturated rings. The van der Waals surface area contributed by atoms with Gasteiger partial charge in [0.25, 0.3) is 0 Å². The van der Waals surface area contributed by atoms with Crippen molar-refractivity contribution >= 4 is 38.5 Å². The fourth-order valence-electron chi connectivity index (χ4n) is 3.51. The number of nitrogens with two attached hydrogens (primary N) is 1. The van der Waals surface area contributed by atoms with E-state index in [1.807, 2.05) is 0 Å². The van der Waals surface area contributed by atoms with Crippen LogP contribution in [0.4, 0.5) is 0 Å². The highest BCUT2D eigenvalue weighted by Gasteiger charge is 2.31. The largest absolute Gasteiger partial charge is 0.271 e. The molecule has 106 valence electrons. The molecule has 0 bridgehead atoms. The van der Waals surface area contributed by atoms with Crippen LogP contribution in [0.5, 0.6) is 0 Å². The molecular formula is C15H22BrIN2. The van der Waals surface area contributed by atoms with Gasteiger partial charge in [-0.1, -0.05) is 29.8 Å². The van der Waals surface area contributed by atoms with E-state index >= 15 is 0 Å². The molecule has 19 heavy (non-hydrogen) atoms. The van der Waals surface area contributed by atoms with Crippen LogP contribution in [0.3, 0.4) is 0 Å². The zero-order chi connectivity index (χ0) is 14.0. The first-order valence-electron chi connectivity index (χ1n) is 6.92. The second-order valence-electron chi connectivity index (χ2n) is 5.99. The molecule has 2 rings (SSSR count). The highest BCUT2D eigenvalue weighted by molar-refractivity contribution is 14.1. The van der Waals surface area contributed by atoms with Gasteiger partial charge in [-0.2, -0.15) is 0 Å². The SMILES string of the molecule is CC1CC(C)CC(C(NN)c2cc(Br)ccc2I)C1. The Morgan fingerprint density at radius 3 is 2.47 bits per heavy atom. The van der Waals surface area contributed by atoms with E-state index in [4.69, 9.17) is 5.84 Å². The first kappa shape index (κ1) is 15.7. The predicted molar refractivity (Wildman–Crippen MR) is 92.6 cm³/mol. The molecule has 1 aromatic rings. The molecule has 1 aromatic carbocycles. The number of nitrogens with one attached hydrogen (secondary N) is 1. The maximum atomic E-state index is 5.88. The molecule has 2 nitrogen and oxygen atoms in total. The van der Waals surface area contributed by atoms with Crippen molar-refractivity contribution in [1.82, 2.24) is 5.43 Å². The average Bonchev–Trinajstić information content (AvgIpc) is 2.33. The summed E-state index contributed by atoms with van der Waals surface area (Å²) in [4.78, 5) is 0. The summed E-state index contributed by atoms with van der Waals surface area (Å²) in [6.45, 7) is 4.73. The van der Waals surface area contributed by atoms with E-state index in [1.54, 1.807) is 0 Å². The van der Waals surface area contributed by atoms with E-state index in [0.29, 0.717) is 5.92 Å². The van der Waals surface area contributed by atoms with Gasteiger partial charge in [-0.15, -0.1) is 0 Å². The van der Waals surface area contributed by atoms with Crippen LogP contribution in [0.15, 0.2) is 22.7 Å². The number of hydrogen-bond acceptors (Lipinski definition) is 2. The van der Waals surface area contributed by atoms with E-state index in [2.05, 4.69) is 76.0 Å². The van der Waals surface area contributed by atoms with Gasteiger partial charge in [-0.3, -0.25) is 11.3 Å². The normalized spacial score (nSPS) is 29.2. The smallest absolute Gasteiger partial charge is 0.0499 e. The van der Waals surface area contributed by atoms with Crippen molar-refractivity contribution in [3.05, 3.63) is 31.8 Å². The summed E-state index contributed by atoms with van der Waals surface area (Å²) >= 11 is 5.98. The van der Waals surface area contributed by atoms with Crippen LogP contribution in [0.2, 0.25) is 0 Å². The average molecular weight is 437 g/mol. The number of benzene rings is 1. The van der Waals surface area contributed by atoms with Crippen LogP contribution in [0.1, 0.15) is 44.7 Å². The van der Waals surface area contributed by atoms with E-state index in [1.165, 1.54) is 28.4 Å². The van der Waals surface area contributed by atoms with Crippen molar-refractivity contribution < 1.29 is 0 Å². The minimum atomic E-state index is 0.259. The molecule has 0 radical (unpaired) electrons. The minimum Gasteiger partial charge on any atom is -0.271 e. The van der Waals surface area contributed by atoms with E-state index in [-0.39, 0.29) is 6.04 Å². The molecule has 1 saturated carbocycles. The van der Waals surface area contributed by atoms with Crippen molar-refractivity contribution in [2.75, 3.05) is 0 Å². The van der Waals surface area contributed by atoms with Gasteiger partial charge in [0.05, 0.1) is 0 Å². The van der Waals surface area contributed by atoms with Gasteiger partial charge in [-0.05, 0) is 83.4 Å². The molecule has 1 aliphatic rings. The molecule has 0 amide bonds. The summed E-state index contributed by atoms with van der Waals surface area (Å²) in [5, 5.41) is 0. The third-order valence-electron chi connectivity index (χ3n) is 4.16. The Balaban J connectivity index is 2.26. The standard InChI is InChI=1S/C15H22BrIN2/c1-9-5-10(2)7-11(6-9)15(19-18)13-8-12(16)3-4-14(13)17/h3-4,8-11,15,19H,5-7,18H2,1-2H3. The maximum absolute atomic E-state index is 5.88. The molecule has 3 unspecified atom stereocenters. The molecule has 3 N–H and O–H groups in total. The summed E-state index contributed by atoms with van der Waals surface area (Å²) < 4.78 is 2.41. The molecular weight excluding hydrogens is 415 g/mol. The summed E-state index contributed by atoms with van der Waals surface area (Å²) in [5.74, 6) is 8.11. The highest BCUT2D eigenvalue weighted by atomic mass is 127. The maximum Gasteiger partial charge on any atom is 0.0499 e. The van der Waals surface area contributed by atoms with Crippen molar-refractivity contribution in [2.45, 2.75) is 39.2 Å². The van der Waals surface area contributed by atoms with Gasteiger partial charge in [0.15, 0.2) is 0 Å². The van der Waals surface area contributed by atoms with Crippen LogP contribution in [-0.4, -0.2) is 0 Å². The zero-order valence-electron chi connectivity index (χ0n) is 11.5. The first-order chi connectivity index (χ1) is 9.01. The molecule has 0 aromatic heterocycles. The fraction of sp³-hybridized carbons (Fsp3) is 0.600. The second kappa shape index (κ2) is 6.87. The lowest BCUT2D eigenvalue weighted by Gasteiger charge is -2.36. The van der Waals surface area contributed by atoms with E-state index in [0.717, 1.165) is 16.3 Å². The lowest BCUT2D eigenvalue weighted by Crippen LogP contribution is -2.37. The van der Waals surface area contributed by atoms with Crippen molar-refractivity contribution in [3.63, 3.8) is 0 Å². The Morgan fingerprint density at radius 1 is 1.26 bits per heavy atom. The number of halogens is 2. The summed E-state index contributed by atoms with van der Waals surface area (Å²) in [6, 6.07) is 6.70. The summed E-state index contributed by atoms with van der Waals surface area (Å²) in [7, 11) is 0. The van der Waals surface area contributed by atoms with Gasteiger partial charge < -0.3 is 0 Å². The first-order valence-corrected chi connectivity index (χ1v) is 8.79. The van der Waals surface area contributed by atoms with Crippen molar-refractivity contribution in [2.24, 2.45) is 23.6 Å². The van der Waals surface area contributed by atoms with Crippen LogP contribution < -0.4 is 11.3 Å². The Hall–Kier alpha value is 0.350. The second-order valence-corrected chi connectivity index (χ2v) is 8.07. The highest BCUT2D eigenvalue weighted by Crippen LogP contribution is 2.40. The van der Waals surface area contributed by atoms with E-state index in [9.17, 15) is 0 Å². The van der Waals surface area contributed by atoms with E-state index < -0.39 is 0 Å². The van der Waals surface area contributed by atoms with Gasteiger partial charge >= 0.3 is 0 Å². The Bertz CT molecular complexity index is 428. The lowest BCUT2D eigenvalue weighted by atomic mass is 9.72. The third kappa shape index (κ3) is 3.93. The molecule has 3 atom stereocenters. The quantitative estimate of drug-likeness (QED) is 0.411. The minimum absolute atomic E-state index is 0.259. The van der Waals surface area contributed by atoms with Crippen LogP contribution in [-0.2, 0) is 0 Å². The zero-order valence-corrected chi connectivity index (χ0v) is 15.2. The van der Waals surface area contributed by atoms with Crippen LogP contribution in [0.25, 0.3) is 0 Å². The monoisotopic (exact) mass is 436 g/mol. The number of rotatable bonds is 3. The fourth-order valence-corrected chi connectivity index (χ4v) is 4.56. The third-order valence-corrected chi connectivity index (χ3v) is 5.63. The number of hydrazine groups is 1. The molecule has 1 aliphatic carbocycles. The predicted octanol–water partition coefficient (Wildman–Crippen LogP) is 4.63. The molecule has 0 aliphatic heterocycles. The summed E-state index contributed by atoms with van der Waals surface area (Å²) in [5.41, 5.74) is 4.39. The molecule has 0 saturated heterocycles. The molecule has 0 spiro atoms. The Labute approximate surface area is 138 Å². The van der Waals surface area contributed by atoms with Gasteiger partial charge in [0.2, 0.25) is 0 Å². The van der Waals surface area contributed by atoms with Crippen LogP contribution in [0, 0.1) is 21.3 Å². The molecule has 4 heteroatoms. The molecule has 0 heterocycles. The number of hydrogen-bond donors (Lipinski definition) is 2. The topological polar surface area (TPSA) is 38.0 Å². The van der Waals surface area contributed by atoms with Gasteiger partial charge in [0, 0.05) is 14.1 Å². The summed E-state index contributed by atoms with van der Waals surface area (Å²) in [6.07, 6.45) is 3.88. The van der Waals surface area contributed by atoms with Gasteiger partial charge in [-0.25, -0.2) is 0 Å².